The lowest BCUT2D eigenvalue weighted by Crippen LogP contribution is -2.74. The number of nitriles is 1. The van der Waals surface area contributed by atoms with E-state index in [4.69, 9.17) is 25.8 Å². The van der Waals surface area contributed by atoms with Crippen LogP contribution in [0, 0.1) is 33.5 Å². The van der Waals surface area contributed by atoms with E-state index in [1.165, 1.54) is 10.5 Å². The molecule has 0 unspecified atom stereocenters. The minimum absolute atomic E-state index is 0.0298. The molecule has 69 heavy (non-hydrogen) atoms. The predicted molar refractivity (Wildman–Crippen MR) is 263 cm³/mol. The number of anilines is 1. The Morgan fingerprint density at radius 2 is 1.68 bits per heavy atom. The van der Waals surface area contributed by atoms with Gasteiger partial charge in [0.15, 0.2) is 5.78 Å². The summed E-state index contributed by atoms with van der Waals surface area (Å²) in [5.74, 6) is 0.117. The van der Waals surface area contributed by atoms with E-state index in [0.717, 1.165) is 63.6 Å². The smallest absolute Gasteiger partial charge is 0.253 e. The highest BCUT2D eigenvalue weighted by molar-refractivity contribution is 6.31. The Morgan fingerprint density at radius 1 is 0.986 bits per heavy atom. The van der Waals surface area contributed by atoms with Crippen LogP contribution in [0.3, 0.4) is 0 Å². The molecule has 2 aromatic carbocycles. The van der Waals surface area contributed by atoms with Crippen LogP contribution in [0.15, 0.2) is 60.8 Å². The zero-order valence-corrected chi connectivity index (χ0v) is 42.0. The summed E-state index contributed by atoms with van der Waals surface area (Å²) in [6.45, 7) is 19.8. The summed E-state index contributed by atoms with van der Waals surface area (Å²) in [5.41, 5.74) is 1.71. The second-order valence-corrected chi connectivity index (χ2v) is 21.9. The minimum atomic E-state index is -0.834. The SMILES string of the molecule is CC1(C)C(NC(=O)c2ccc(N3CCN(CCOCC(=O)C[C@H](C(=O)N4C[C@H](O)C[C@H]4C(=O)NCc4ccc(C5CCOCC5)cc4)C(C)(C)C)CC3)nc2)C(C)(C)C1Oc1ccc(C#N)c(Cl)c1. The number of rotatable bonds is 17. The molecule has 4 fully saturated rings. The number of hydrogen-bond donors (Lipinski definition) is 3. The van der Waals surface area contributed by atoms with E-state index in [1.807, 2.05) is 39.0 Å². The first kappa shape index (κ1) is 51.7. The van der Waals surface area contributed by atoms with Gasteiger partial charge in [0.2, 0.25) is 11.8 Å². The molecule has 15 nitrogen and oxygen atoms in total. The minimum Gasteiger partial charge on any atom is -0.489 e. The van der Waals surface area contributed by atoms with Crippen LogP contribution in [0.1, 0.15) is 107 Å². The number of ketones is 1. The van der Waals surface area contributed by atoms with E-state index in [-0.39, 0.29) is 61.6 Å². The molecule has 3 saturated heterocycles. The van der Waals surface area contributed by atoms with Crippen LogP contribution in [0.4, 0.5) is 5.82 Å². The van der Waals surface area contributed by atoms with E-state index in [0.29, 0.717) is 47.5 Å². The highest BCUT2D eigenvalue weighted by atomic mass is 35.5. The van der Waals surface area contributed by atoms with Crippen molar-refractivity contribution in [3.05, 3.63) is 88.1 Å². The number of carbonyl (C=O) groups excluding carboxylic acids is 4. The number of amides is 3. The lowest BCUT2D eigenvalue weighted by Gasteiger charge is -2.63. The number of hydrogen-bond acceptors (Lipinski definition) is 12. The van der Waals surface area contributed by atoms with Crippen LogP contribution in [0.5, 0.6) is 5.75 Å². The molecule has 372 valence electrons. The third-order valence-corrected chi connectivity index (χ3v) is 15.0. The largest absolute Gasteiger partial charge is 0.489 e. The molecule has 3 amide bonds. The van der Waals surface area contributed by atoms with Gasteiger partial charge in [-0.3, -0.25) is 24.1 Å². The van der Waals surface area contributed by atoms with Crippen molar-refractivity contribution in [2.24, 2.45) is 22.2 Å². The molecular formula is C53H70ClN7O8. The number of carbonyl (C=O) groups is 4. The number of aliphatic hydroxyl groups is 1. The highest BCUT2D eigenvalue weighted by Crippen LogP contribution is 2.55. The fraction of sp³-hybridized carbons (Fsp3) is 0.585. The zero-order valence-electron chi connectivity index (χ0n) is 41.3. The number of aromatic nitrogens is 1. The van der Waals surface area contributed by atoms with Crippen LogP contribution >= 0.6 is 11.6 Å². The van der Waals surface area contributed by atoms with E-state index in [2.05, 4.69) is 71.3 Å². The van der Waals surface area contributed by atoms with Crippen molar-refractivity contribution >= 4 is 40.9 Å². The summed E-state index contributed by atoms with van der Waals surface area (Å²) in [6, 6.07) is 18.0. The summed E-state index contributed by atoms with van der Waals surface area (Å²) in [6.07, 6.45) is 2.68. The molecule has 3 aromatic rings. The molecule has 0 spiro atoms. The topological polar surface area (TPSA) is 187 Å². The molecule has 7 rings (SSSR count). The Labute approximate surface area is 412 Å². The lowest BCUT2D eigenvalue weighted by molar-refractivity contribution is -0.164. The van der Waals surface area contributed by atoms with Crippen molar-refractivity contribution in [1.82, 2.24) is 25.4 Å². The maximum absolute atomic E-state index is 14.1. The van der Waals surface area contributed by atoms with Gasteiger partial charge in [0.05, 0.1) is 28.9 Å². The Bertz CT molecular complexity index is 2320. The monoisotopic (exact) mass is 967 g/mol. The Kier molecular flexibility index (Phi) is 16.4. The fourth-order valence-corrected chi connectivity index (χ4v) is 11.1. The molecule has 3 aliphatic heterocycles. The maximum Gasteiger partial charge on any atom is 0.253 e. The van der Waals surface area contributed by atoms with Gasteiger partial charge >= 0.3 is 0 Å². The first-order valence-electron chi connectivity index (χ1n) is 24.4. The summed E-state index contributed by atoms with van der Waals surface area (Å²) >= 11 is 6.25. The number of halogens is 1. The van der Waals surface area contributed by atoms with Gasteiger partial charge in [0.25, 0.3) is 5.91 Å². The van der Waals surface area contributed by atoms with Crippen molar-refractivity contribution in [3.63, 3.8) is 0 Å². The third-order valence-electron chi connectivity index (χ3n) is 14.7. The van der Waals surface area contributed by atoms with Gasteiger partial charge in [-0.25, -0.2) is 4.98 Å². The number of nitrogens with zero attached hydrogens (tertiary/aromatic N) is 5. The predicted octanol–water partition coefficient (Wildman–Crippen LogP) is 6.15. The van der Waals surface area contributed by atoms with E-state index < -0.39 is 34.3 Å². The Morgan fingerprint density at radius 3 is 2.30 bits per heavy atom. The number of Topliss-reactive ketones (excluding diaryl/α,β-unsaturated/α-hetero) is 1. The Balaban J connectivity index is 0.818. The van der Waals surface area contributed by atoms with Crippen LogP contribution < -0.4 is 20.3 Å². The van der Waals surface area contributed by atoms with Gasteiger partial charge in [0, 0.05) is 107 Å². The summed E-state index contributed by atoms with van der Waals surface area (Å²) < 4.78 is 17.7. The van der Waals surface area contributed by atoms with Crippen LogP contribution in [-0.2, 0) is 30.4 Å². The first-order chi connectivity index (χ1) is 32.8. The summed E-state index contributed by atoms with van der Waals surface area (Å²) in [5, 5.41) is 26.4. The van der Waals surface area contributed by atoms with Crippen LogP contribution in [-0.4, -0.2) is 133 Å². The third kappa shape index (κ3) is 12.3. The molecule has 4 heterocycles. The molecule has 3 atom stereocenters. The van der Waals surface area contributed by atoms with E-state index >= 15 is 0 Å². The second-order valence-electron chi connectivity index (χ2n) is 21.5. The van der Waals surface area contributed by atoms with E-state index in [1.54, 1.807) is 30.5 Å². The van der Waals surface area contributed by atoms with Gasteiger partial charge < -0.3 is 39.8 Å². The molecule has 1 aliphatic carbocycles. The number of likely N-dealkylation sites (tertiary alicyclic amines) is 1. The second kappa shape index (κ2) is 21.9. The number of β-amino-alcohol motifs (C(OH)–C–C–N with tert-alkyl or cyclic N) is 1. The van der Waals surface area contributed by atoms with Crippen molar-refractivity contribution in [2.45, 2.75) is 111 Å². The number of benzene rings is 2. The average molecular weight is 969 g/mol. The quantitative estimate of drug-likeness (QED) is 0.131. The number of piperazine rings is 1. The van der Waals surface area contributed by atoms with Crippen molar-refractivity contribution in [2.75, 3.05) is 70.6 Å². The summed E-state index contributed by atoms with van der Waals surface area (Å²) in [4.78, 5) is 65.0. The average Bonchev–Trinajstić information content (AvgIpc) is 3.73. The molecular weight excluding hydrogens is 898 g/mol. The lowest BCUT2D eigenvalue weighted by atomic mass is 9.49. The first-order valence-corrected chi connectivity index (χ1v) is 24.8. The molecule has 4 aliphatic rings. The summed E-state index contributed by atoms with van der Waals surface area (Å²) in [7, 11) is 0. The van der Waals surface area contributed by atoms with Crippen molar-refractivity contribution in [3.8, 4) is 11.8 Å². The maximum atomic E-state index is 14.1. The zero-order chi connectivity index (χ0) is 49.7. The molecule has 0 radical (unpaired) electrons. The fourth-order valence-electron chi connectivity index (χ4n) is 10.9. The van der Waals surface area contributed by atoms with Crippen molar-refractivity contribution in [1.29, 1.82) is 5.26 Å². The number of aliphatic hydroxyl groups excluding tert-OH is 1. The normalized spacial score (nSPS) is 23.1. The van der Waals surface area contributed by atoms with E-state index in [9.17, 15) is 29.5 Å². The number of pyridine rings is 1. The Hall–Kier alpha value is -5.11. The van der Waals surface area contributed by atoms with Gasteiger partial charge in [-0.2, -0.15) is 5.26 Å². The van der Waals surface area contributed by atoms with Crippen LogP contribution in [0.2, 0.25) is 5.02 Å². The van der Waals surface area contributed by atoms with Crippen LogP contribution in [0.25, 0.3) is 0 Å². The number of ether oxygens (including phenoxy) is 3. The standard InChI is InChI=1S/C53H70ClN7O8/c1-51(2,3)42(48(66)61-32-39(62)27-44(61)47(65)57-30-34-8-10-35(11-9-34)36-16-23-67-24-17-36)26-40(63)33-68-25-22-59-18-20-60(21-19-59)45-15-13-38(31-56-45)46(64)58-49-52(4,5)50(53(49,6)7)69-41-14-12-37(29-55)43(54)28-41/h8-15,28,31,36,39,42,44,49-50,62H,16-27,30,32-33H2,1-7H3,(H,57,65)(H,58,64)/t39-,42-,44+,49?,50?/m1/s1. The molecule has 1 saturated carbocycles. The molecule has 0 bridgehead atoms. The molecule has 16 heteroatoms. The van der Waals surface area contributed by atoms with Crippen molar-refractivity contribution < 1.29 is 38.5 Å². The van der Waals surface area contributed by atoms with Gasteiger partial charge in [0.1, 0.15) is 36.4 Å². The molecule has 1 aromatic heterocycles. The van der Waals surface area contributed by atoms with Gasteiger partial charge in [-0.05, 0) is 59.6 Å². The number of nitrogens with one attached hydrogen (secondary N) is 2. The highest BCUT2D eigenvalue weighted by Gasteiger charge is 2.64. The molecule has 3 N–H and O–H groups in total. The van der Waals surface area contributed by atoms with Gasteiger partial charge in [-0.15, -0.1) is 0 Å². The van der Waals surface area contributed by atoms with Gasteiger partial charge in [-0.1, -0.05) is 84.3 Å².